The minimum Gasteiger partial charge on any atom is -0.379 e. The Morgan fingerprint density at radius 1 is 1.30 bits per heavy atom. The third-order valence-electron chi connectivity index (χ3n) is 1.27. The van der Waals surface area contributed by atoms with Crippen molar-refractivity contribution in [2.75, 3.05) is 13.6 Å². The van der Waals surface area contributed by atoms with Gasteiger partial charge in [-0.2, -0.15) is 0 Å². The maximum absolute atomic E-state index is 8.95. The predicted molar refractivity (Wildman–Crippen MR) is 39.4 cm³/mol. The molecule has 0 fully saturated rings. The van der Waals surface area contributed by atoms with Crippen LogP contribution in [0.15, 0.2) is 0 Å². The Morgan fingerprint density at radius 3 is 2.30 bits per heavy atom. The molecule has 2 unspecified atom stereocenters. The van der Waals surface area contributed by atoms with Crippen LogP contribution in [0.5, 0.6) is 0 Å². The molecule has 0 bridgehead atoms. The average molecular weight is 148 g/mol. The summed E-state index contributed by atoms with van der Waals surface area (Å²) in [7, 11) is 1.66. The summed E-state index contributed by atoms with van der Waals surface area (Å²) in [6.45, 7) is 2.23. The molecule has 0 amide bonds. The number of hydrogen-bond donors (Lipinski definition) is 4. The number of aliphatic hydroxyl groups excluding tert-OH is 2. The summed E-state index contributed by atoms with van der Waals surface area (Å²) in [4.78, 5) is 0. The van der Waals surface area contributed by atoms with Gasteiger partial charge >= 0.3 is 0 Å². The second-order valence-corrected chi connectivity index (χ2v) is 2.14. The maximum Gasteiger partial charge on any atom is 0.117 e. The Hall–Kier alpha value is -0.160. The average Bonchev–Trinajstić information content (AvgIpc) is 1.99. The third kappa shape index (κ3) is 4.69. The number of nitrogens with one attached hydrogen (secondary N) is 2. The molecule has 10 heavy (non-hydrogen) atoms. The Labute approximate surface area is 61.3 Å². The van der Waals surface area contributed by atoms with E-state index in [9.17, 15) is 0 Å². The molecule has 0 saturated carbocycles. The lowest BCUT2D eigenvalue weighted by Gasteiger charge is -2.13. The summed E-state index contributed by atoms with van der Waals surface area (Å²) in [5.74, 6) is 0. The minimum atomic E-state index is -0.582. The van der Waals surface area contributed by atoms with Crippen LogP contribution < -0.4 is 10.6 Å². The smallest absolute Gasteiger partial charge is 0.117 e. The topological polar surface area (TPSA) is 64.5 Å². The van der Waals surface area contributed by atoms with Crippen LogP contribution in [0.25, 0.3) is 0 Å². The van der Waals surface area contributed by atoms with E-state index < -0.39 is 12.5 Å². The fourth-order valence-electron chi connectivity index (χ4n) is 0.494. The van der Waals surface area contributed by atoms with Crippen LogP contribution >= 0.6 is 0 Å². The first-order chi connectivity index (χ1) is 4.70. The summed E-state index contributed by atoms with van der Waals surface area (Å²) in [6, 6.07) is 0. The second-order valence-electron chi connectivity index (χ2n) is 2.14. The summed E-state index contributed by atoms with van der Waals surface area (Å²) in [5.41, 5.74) is 0. The largest absolute Gasteiger partial charge is 0.379 e. The van der Waals surface area contributed by atoms with Crippen molar-refractivity contribution in [2.24, 2.45) is 0 Å². The van der Waals surface area contributed by atoms with Crippen molar-refractivity contribution < 1.29 is 10.2 Å². The van der Waals surface area contributed by atoms with E-state index in [1.165, 1.54) is 0 Å². The van der Waals surface area contributed by atoms with Crippen LogP contribution in [-0.4, -0.2) is 36.3 Å². The highest BCUT2D eigenvalue weighted by atomic mass is 16.3. The van der Waals surface area contributed by atoms with Crippen molar-refractivity contribution in [3.8, 4) is 0 Å². The van der Waals surface area contributed by atoms with Gasteiger partial charge in [0.05, 0.1) is 0 Å². The lowest BCUT2D eigenvalue weighted by molar-refractivity contribution is 0.0886. The number of aliphatic hydroxyl groups is 2. The SMILES string of the molecule is CCC(O)NCC(O)NC. The van der Waals surface area contributed by atoms with Crippen molar-refractivity contribution in [2.45, 2.75) is 25.8 Å². The highest BCUT2D eigenvalue weighted by Crippen LogP contribution is 1.82. The van der Waals surface area contributed by atoms with Crippen LogP contribution in [0, 0.1) is 0 Å². The van der Waals surface area contributed by atoms with E-state index >= 15 is 0 Å². The Bertz CT molecular complexity index is 70.1. The first kappa shape index (κ1) is 9.84. The van der Waals surface area contributed by atoms with Crippen LogP contribution in [0.2, 0.25) is 0 Å². The maximum atomic E-state index is 8.95. The summed E-state index contributed by atoms with van der Waals surface area (Å²) in [6.07, 6.45) is -0.444. The normalized spacial score (nSPS) is 16.8. The minimum absolute atomic E-state index is 0.367. The molecule has 62 valence electrons. The van der Waals surface area contributed by atoms with Gasteiger partial charge in [-0.25, -0.2) is 0 Å². The van der Waals surface area contributed by atoms with E-state index in [4.69, 9.17) is 10.2 Å². The molecule has 0 aliphatic heterocycles. The Balaban J connectivity index is 3.17. The molecule has 4 N–H and O–H groups in total. The molecule has 0 radical (unpaired) electrons. The van der Waals surface area contributed by atoms with E-state index in [0.29, 0.717) is 13.0 Å². The second kappa shape index (κ2) is 5.61. The zero-order chi connectivity index (χ0) is 7.98. The molecule has 0 aliphatic rings. The van der Waals surface area contributed by atoms with E-state index in [1.54, 1.807) is 7.05 Å². The first-order valence-corrected chi connectivity index (χ1v) is 3.47. The van der Waals surface area contributed by atoms with Gasteiger partial charge in [0.1, 0.15) is 12.5 Å². The van der Waals surface area contributed by atoms with E-state index in [2.05, 4.69) is 10.6 Å². The van der Waals surface area contributed by atoms with Crippen molar-refractivity contribution in [3.63, 3.8) is 0 Å². The molecule has 4 nitrogen and oxygen atoms in total. The molecule has 0 heterocycles. The van der Waals surface area contributed by atoms with Crippen molar-refractivity contribution >= 4 is 0 Å². The van der Waals surface area contributed by atoms with Gasteiger partial charge in [-0.1, -0.05) is 6.92 Å². The quantitative estimate of drug-likeness (QED) is 0.371. The third-order valence-corrected chi connectivity index (χ3v) is 1.27. The first-order valence-electron chi connectivity index (χ1n) is 3.47. The molecule has 4 heteroatoms. The zero-order valence-electron chi connectivity index (χ0n) is 6.46. The Morgan fingerprint density at radius 2 is 1.90 bits per heavy atom. The molecule has 2 atom stereocenters. The fraction of sp³-hybridized carbons (Fsp3) is 1.00. The van der Waals surface area contributed by atoms with E-state index in [0.717, 1.165) is 0 Å². The lowest BCUT2D eigenvalue weighted by atomic mass is 10.4. The van der Waals surface area contributed by atoms with Gasteiger partial charge in [0.2, 0.25) is 0 Å². The molecular weight excluding hydrogens is 132 g/mol. The highest BCUT2D eigenvalue weighted by molar-refractivity contribution is 4.55. The van der Waals surface area contributed by atoms with Crippen LogP contribution in [0.1, 0.15) is 13.3 Å². The molecular formula is C6H16N2O2. The fourth-order valence-corrected chi connectivity index (χ4v) is 0.494. The van der Waals surface area contributed by atoms with Gasteiger partial charge in [-0.15, -0.1) is 0 Å². The van der Waals surface area contributed by atoms with Crippen molar-refractivity contribution in [1.29, 1.82) is 0 Å². The van der Waals surface area contributed by atoms with Crippen LogP contribution in [-0.2, 0) is 0 Å². The molecule has 0 aromatic rings. The lowest BCUT2D eigenvalue weighted by Crippen LogP contribution is -2.40. The van der Waals surface area contributed by atoms with E-state index in [-0.39, 0.29) is 0 Å². The molecule has 0 rings (SSSR count). The number of likely N-dealkylation sites (N-methyl/N-ethyl adjacent to an activating group) is 1. The summed E-state index contributed by atoms with van der Waals surface area (Å²) < 4.78 is 0. The van der Waals surface area contributed by atoms with Gasteiger partial charge in [0.25, 0.3) is 0 Å². The van der Waals surface area contributed by atoms with E-state index in [1.807, 2.05) is 6.92 Å². The highest BCUT2D eigenvalue weighted by Gasteiger charge is 2.02. The van der Waals surface area contributed by atoms with Gasteiger partial charge in [0, 0.05) is 6.54 Å². The molecule has 0 saturated heterocycles. The number of rotatable bonds is 5. The number of hydrogen-bond acceptors (Lipinski definition) is 4. The standard InChI is InChI=1S/C6H16N2O2/c1-3-5(9)8-4-6(10)7-2/h5-10H,3-4H2,1-2H3. The van der Waals surface area contributed by atoms with Crippen molar-refractivity contribution in [1.82, 2.24) is 10.6 Å². The van der Waals surface area contributed by atoms with Crippen LogP contribution in [0.3, 0.4) is 0 Å². The summed E-state index contributed by atoms with van der Waals surface area (Å²) >= 11 is 0. The Kier molecular flexibility index (Phi) is 5.52. The molecule has 0 spiro atoms. The summed E-state index contributed by atoms with van der Waals surface area (Å²) in [5, 5.41) is 23.2. The molecule has 0 aromatic carbocycles. The van der Waals surface area contributed by atoms with Crippen LogP contribution in [0.4, 0.5) is 0 Å². The monoisotopic (exact) mass is 148 g/mol. The molecule has 0 aromatic heterocycles. The molecule has 0 aliphatic carbocycles. The van der Waals surface area contributed by atoms with Gasteiger partial charge in [-0.05, 0) is 13.5 Å². The van der Waals surface area contributed by atoms with Gasteiger partial charge in [-0.3, -0.25) is 10.6 Å². The van der Waals surface area contributed by atoms with Gasteiger partial charge < -0.3 is 10.2 Å². The van der Waals surface area contributed by atoms with Crippen molar-refractivity contribution in [3.05, 3.63) is 0 Å². The van der Waals surface area contributed by atoms with Gasteiger partial charge in [0.15, 0.2) is 0 Å². The predicted octanol–water partition coefficient (Wildman–Crippen LogP) is -1.16. The zero-order valence-corrected chi connectivity index (χ0v) is 6.46.